The van der Waals surface area contributed by atoms with Crippen LogP contribution >= 0.6 is 11.3 Å². The number of carbonyl (C=O) groups is 2. The van der Waals surface area contributed by atoms with E-state index in [2.05, 4.69) is 5.32 Å². The highest BCUT2D eigenvalue weighted by Crippen LogP contribution is 2.36. The molecule has 1 N–H and O–H groups in total. The Morgan fingerprint density at radius 1 is 1.36 bits per heavy atom. The molecule has 0 saturated carbocycles. The third kappa shape index (κ3) is 3.88. The number of halogens is 1. The van der Waals surface area contributed by atoms with E-state index in [-0.39, 0.29) is 23.9 Å². The van der Waals surface area contributed by atoms with Crippen LogP contribution in [0.4, 0.5) is 9.39 Å². The summed E-state index contributed by atoms with van der Waals surface area (Å²) < 4.78 is 23.7. The second-order valence-corrected chi connectivity index (χ2v) is 6.45. The fourth-order valence-electron chi connectivity index (χ4n) is 2.67. The largest absolute Gasteiger partial charge is 0.462 e. The number of thiophene rings is 1. The van der Waals surface area contributed by atoms with Gasteiger partial charge in [-0.25, -0.2) is 9.18 Å². The SMILES string of the molecule is CCOC(=O)c1c(-c2ccc(F)cc2)csc1NC(=O)[C@H]1CCCO1. The van der Waals surface area contributed by atoms with Crippen LogP contribution in [0.15, 0.2) is 29.6 Å². The molecule has 1 aromatic carbocycles. The van der Waals surface area contributed by atoms with E-state index >= 15 is 0 Å². The van der Waals surface area contributed by atoms with Gasteiger partial charge in [0.2, 0.25) is 0 Å². The predicted octanol–water partition coefficient (Wildman–Crippen LogP) is 3.85. The number of hydrogen-bond donors (Lipinski definition) is 1. The monoisotopic (exact) mass is 363 g/mol. The summed E-state index contributed by atoms with van der Waals surface area (Å²) in [5, 5.41) is 4.94. The lowest BCUT2D eigenvalue weighted by atomic mass is 10.0. The number of esters is 1. The van der Waals surface area contributed by atoms with Gasteiger partial charge in [0.05, 0.1) is 6.61 Å². The summed E-state index contributed by atoms with van der Waals surface area (Å²) in [4.78, 5) is 24.7. The number of benzene rings is 1. The molecule has 0 bridgehead atoms. The van der Waals surface area contributed by atoms with Crippen LogP contribution in [0.3, 0.4) is 0 Å². The Bertz CT molecular complexity index is 766. The van der Waals surface area contributed by atoms with E-state index in [4.69, 9.17) is 9.47 Å². The van der Waals surface area contributed by atoms with Gasteiger partial charge in [-0.2, -0.15) is 0 Å². The summed E-state index contributed by atoms with van der Waals surface area (Å²) in [5.41, 5.74) is 1.56. The Balaban J connectivity index is 1.93. The smallest absolute Gasteiger partial charge is 0.341 e. The summed E-state index contributed by atoms with van der Waals surface area (Å²) in [7, 11) is 0. The van der Waals surface area contributed by atoms with Crippen LogP contribution in [0, 0.1) is 5.82 Å². The highest BCUT2D eigenvalue weighted by Gasteiger charge is 2.27. The minimum Gasteiger partial charge on any atom is -0.462 e. The summed E-state index contributed by atoms with van der Waals surface area (Å²) in [6.07, 6.45) is 1.01. The third-order valence-corrected chi connectivity index (χ3v) is 4.78. The minimum atomic E-state index is -0.522. The summed E-state index contributed by atoms with van der Waals surface area (Å²) in [6.45, 7) is 2.50. The lowest BCUT2D eigenvalue weighted by Crippen LogP contribution is -2.27. The zero-order valence-electron chi connectivity index (χ0n) is 13.7. The van der Waals surface area contributed by atoms with Gasteiger partial charge in [-0.3, -0.25) is 4.79 Å². The van der Waals surface area contributed by atoms with Crippen molar-refractivity contribution >= 4 is 28.2 Å². The summed E-state index contributed by atoms with van der Waals surface area (Å²) >= 11 is 1.23. The number of amides is 1. The quantitative estimate of drug-likeness (QED) is 0.820. The van der Waals surface area contributed by atoms with Gasteiger partial charge in [-0.1, -0.05) is 12.1 Å². The maximum Gasteiger partial charge on any atom is 0.341 e. The lowest BCUT2D eigenvalue weighted by Gasteiger charge is -2.11. The maximum absolute atomic E-state index is 13.2. The molecule has 7 heteroatoms. The first kappa shape index (κ1) is 17.6. The van der Waals surface area contributed by atoms with Crippen molar-refractivity contribution in [3.63, 3.8) is 0 Å². The van der Waals surface area contributed by atoms with Gasteiger partial charge >= 0.3 is 5.97 Å². The molecule has 1 atom stereocenters. The summed E-state index contributed by atoms with van der Waals surface area (Å²) in [6, 6.07) is 5.83. The lowest BCUT2D eigenvalue weighted by molar-refractivity contribution is -0.124. The van der Waals surface area contributed by atoms with Gasteiger partial charge in [-0.15, -0.1) is 11.3 Å². The van der Waals surface area contributed by atoms with Crippen LogP contribution in [0.25, 0.3) is 11.1 Å². The molecule has 1 amide bonds. The van der Waals surface area contributed by atoms with Crippen LogP contribution in [-0.4, -0.2) is 31.2 Å². The normalized spacial score (nSPS) is 16.6. The second-order valence-electron chi connectivity index (χ2n) is 5.57. The fourth-order valence-corrected chi connectivity index (χ4v) is 3.63. The van der Waals surface area contributed by atoms with Crippen molar-refractivity contribution in [1.82, 2.24) is 0 Å². The van der Waals surface area contributed by atoms with Crippen molar-refractivity contribution in [2.75, 3.05) is 18.5 Å². The predicted molar refractivity (Wildman–Crippen MR) is 93.3 cm³/mol. The maximum atomic E-state index is 13.2. The van der Waals surface area contributed by atoms with Gasteiger partial charge < -0.3 is 14.8 Å². The molecule has 0 radical (unpaired) electrons. The first-order valence-electron chi connectivity index (χ1n) is 8.07. The van der Waals surface area contributed by atoms with E-state index in [0.717, 1.165) is 6.42 Å². The molecule has 2 aromatic rings. The molecule has 3 rings (SSSR count). The Hall–Kier alpha value is -2.25. The topological polar surface area (TPSA) is 64.6 Å². The Morgan fingerprint density at radius 3 is 2.76 bits per heavy atom. The van der Waals surface area contributed by atoms with Crippen molar-refractivity contribution in [2.24, 2.45) is 0 Å². The van der Waals surface area contributed by atoms with Crippen LogP contribution in [0.2, 0.25) is 0 Å². The first-order valence-corrected chi connectivity index (χ1v) is 8.95. The number of rotatable bonds is 5. The van der Waals surface area contributed by atoms with Crippen LogP contribution in [0.5, 0.6) is 0 Å². The van der Waals surface area contributed by atoms with E-state index in [0.29, 0.717) is 29.2 Å². The van der Waals surface area contributed by atoms with Crippen molar-refractivity contribution in [3.05, 3.63) is 41.0 Å². The Morgan fingerprint density at radius 2 is 2.12 bits per heavy atom. The molecule has 25 heavy (non-hydrogen) atoms. The number of carbonyl (C=O) groups excluding carboxylic acids is 2. The highest BCUT2D eigenvalue weighted by molar-refractivity contribution is 7.15. The van der Waals surface area contributed by atoms with Crippen molar-refractivity contribution in [2.45, 2.75) is 25.9 Å². The fraction of sp³-hybridized carbons (Fsp3) is 0.333. The van der Waals surface area contributed by atoms with Crippen LogP contribution in [0.1, 0.15) is 30.1 Å². The van der Waals surface area contributed by atoms with Gasteiger partial charge in [-0.05, 0) is 37.5 Å². The van der Waals surface area contributed by atoms with Crippen LogP contribution < -0.4 is 5.32 Å². The number of hydrogen-bond acceptors (Lipinski definition) is 5. The zero-order valence-corrected chi connectivity index (χ0v) is 14.5. The number of ether oxygens (including phenoxy) is 2. The molecule has 0 aliphatic carbocycles. The van der Waals surface area contributed by atoms with Crippen LogP contribution in [-0.2, 0) is 14.3 Å². The average molecular weight is 363 g/mol. The van der Waals surface area contributed by atoms with E-state index in [1.54, 1.807) is 24.4 Å². The average Bonchev–Trinajstić information content (AvgIpc) is 3.25. The van der Waals surface area contributed by atoms with E-state index < -0.39 is 12.1 Å². The van der Waals surface area contributed by atoms with Gasteiger partial charge in [0.1, 0.15) is 22.5 Å². The Labute approximate surface area is 148 Å². The molecule has 1 aliphatic heterocycles. The standard InChI is InChI=1S/C18H18FNO4S/c1-2-23-18(22)15-13(11-5-7-12(19)8-6-11)10-25-17(15)20-16(21)14-4-3-9-24-14/h5-8,10,14H,2-4,9H2,1H3,(H,20,21)/t14-/m1/s1. The van der Waals surface area contributed by atoms with E-state index in [9.17, 15) is 14.0 Å². The molecular formula is C18H18FNO4S. The zero-order chi connectivity index (χ0) is 17.8. The molecule has 0 unspecified atom stereocenters. The Kier molecular flexibility index (Phi) is 5.45. The molecule has 1 fully saturated rings. The van der Waals surface area contributed by atoms with Crippen molar-refractivity contribution in [1.29, 1.82) is 0 Å². The van der Waals surface area contributed by atoms with Gasteiger partial charge in [0.15, 0.2) is 0 Å². The minimum absolute atomic E-state index is 0.219. The molecule has 5 nitrogen and oxygen atoms in total. The molecule has 0 spiro atoms. The van der Waals surface area contributed by atoms with Crippen molar-refractivity contribution in [3.8, 4) is 11.1 Å². The molecule has 1 aromatic heterocycles. The molecule has 2 heterocycles. The second kappa shape index (κ2) is 7.76. The third-order valence-electron chi connectivity index (χ3n) is 3.88. The first-order chi connectivity index (χ1) is 12.1. The van der Waals surface area contributed by atoms with E-state index in [1.165, 1.54) is 23.5 Å². The number of nitrogens with one attached hydrogen (secondary N) is 1. The summed E-state index contributed by atoms with van der Waals surface area (Å²) in [5.74, 6) is -1.15. The number of anilines is 1. The molecular weight excluding hydrogens is 345 g/mol. The van der Waals surface area contributed by atoms with E-state index in [1.807, 2.05) is 0 Å². The highest BCUT2D eigenvalue weighted by atomic mass is 32.1. The molecule has 1 aliphatic rings. The van der Waals surface area contributed by atoms with Gasteiger partial charge in [0, 0.05) is 17.6 Å². The van der Waals surface area contributed by atoms with Gasteiger partial charge in [0.25, 0.3) is 5.91 Å². The molecule has 1 saturated heterocycles. The molecule has 132 valence electrons. The van der Waals surface area contributed by atoms with Crippen molar-refractivity contribution < 1.29 is 23.5 Å².